The Balaban J connectivity index is 2.45. The molecule has 0 saturated carbocycles. The summed E-state index contributed by atoms with van der Waals surface area (Å²) in [4.78, 5) is 26.0. The second-order valence-electron chi connectivity index (χ2n) is 3.55. The third kappa shape index (κ3) is 3.42. The first-order valence-corrected chi connectivity index (χ1v) is 5.32. The molecule has 5 nitrogen and oxygen atoms in total. The number of rotatable bonds is 1. The molecule has 0 atom stereocenters. The monoisotopic (exact) mass is 214 g/mol. The Bertz CT molecular complexity index is 243. The van der Waals surface area contributed by atoms with Gasteiger partial charge in [-0.25, -0.2) is 4.79 Å². The lowest BCUT2D eigenvalue weighted by Crippen LogP contribution is -2.36. The SMILES string of the molecule is CCOC(=O)N1CCCN(C(C)=O)CC1. The largest absolute Gasteiger partial charge is 0.450 e. The fourth-order valence-corrected chi connectivity index (χ4v) is 1.63. The fraction of sp³-hybridized carbons (Fsp3) is 0.800. The van der Waals surface area contributed by atoms with Crippen molar-refractivity contribution >= 4 is 12.0 Å². The highest BCUT2D eigenvalue weighted by Gasteiger charge is 2.20. The molecule has 5 heteroatoms. The number of hydrogen-bond donors (Lipinski definition) is 0. The van der Waals surface area contributed by atoms with E-state index >= 15 is 0 Å². The van der Waals surface area contributed by atoms with Crippen LogP contribution in [0.2, 0.25) is 0 Å². The Morgan fingerprint density at radius 1 is 1.13 bits per heavy atom. The standard InChI is InChI=1S/C10H18N2O3/c1-3-15-10(14)12-6-4-5-11(7-8-12)9(2)13/h3-8H2,1-2H3. The Morgan fingerprint density at radius 2 is 1.73 bits per heavy atom. The van der Waals surface area contributed by atoms with Gasteiger partial charge in [0.25, 0.3) is 0 Å². The van der Waals surface area contributed by atoms with Crippen LogP contribution in [0.25, 0.3) is 0 Å². The molecule has 1 aliphatic heterocycles. The maximum absolute atomic E-state index is 11.4. The zero-order valence-electron chi connectivity index (χ0n) is 9.36. The molecule has 0 aromatic heterocycles. The summed E-state index contributed by atoms with van der Waals surface area (Å²) in [5, 5.41) is 0. The maximum Gasteiger partial charge on any atom is 0.409 e. The van der Waals surface area contributed by atoms with Gasteiger partial charge in [-0.2, -0.15) is 0 Å². The molecule has 0 aliphatic carbocycles. The van der Waals surface area contributed by atoms with E-state index in [4.69, 9.17) is 4.74 Å². The summed E-state index contributed by atoms with van der Waals surface area (Å²) in [6, 6.07) is 0. The van der Waals surface area contributed by atoms with E-state index in [0.29, 0.717) is 26.2 Å². The third-order valence-corrected chi connectivity index (χ3v) is 2.47. The van der Waals surface area contributed by atoms with Crippen molar-refractivity contribution in [1.29, 1.82) is 0 Å². The number of nitrogens with zero attached hydrogens (tertiary/aromatic N) is 2. The molecule has 1 heterocycles. The van der Waals surface area contributed by atoms with E-state index in [-0.39, 0.29) is 12.0 Å². The van der Waals surface area contributed by atoms with Gasteiger partial charge in [-0.1, -0.05) is 0 Å². The molecule has 0 radical (unpaired) electrons. The van der Waals surface area contributed by atoms with Gasteiger partial charge in [-0.05, 0) is 13.3 Å². The average molecular weight is 214 g/mol. The van der Waals surface area contributed by atoms with Gasteiger partial charge in [-0.15, -0.1) is 0 Å². The van der Waals surface area contributed by atoms with Gasteiger partial charge in [0, 0.05) is 33.1 Å². The number of carbonyl (C=O) groups excluding carboxylic acids is 2. The van der Waals surface area contributed by atoms with Gasteiger partial charge in [0.15, 0.2) is 0 Å². The van der Waals surface area contributed by atoms with Crippen LogP contribution in [-0.4, -0.2) is 54.6 Å². The van der Waals surface area contributed by atoms with Crippen LogP contribution in [0.15, 0.2) is 0 Å². The molecule has 2 amide bonds. The van der Waals surface area contributed by atoms with E-state index < -0.39 is 0 Å². The Morgan fingerprint density at radius 3 is 2.33 bits per heavy atom. The highest BCUT2D eigenvalue weighted by Crippen LogP contribution is 2.04. The van der Waals surface area contributed by atoms with Crippen LogP contribution in [0.4, 0.5) is 4.79 Å². The Labute approximate surface area is 90.0 Å². The first-order valence-electron chi connectivity index (χ1n) is 5.32. The molecule has 1 fully saturated rings. The van der Waals surface area contributed by atoms with Crippen molar-refractivity contribution in [2.24, 2.45) is 0 Å². The van der Waals surface area contributed by atoms with Crippen molar-refractivity contribution in [1.82, 2.24) is 9.80 Å². The smallest absolute Gasteiger partial charge is 0.409 e. The van der Waals surface area contributed by atoms with Crippen LogP contribution in [-0.2, 0) is 9.53 Å². The van der Waals surface area contributed by atoms with Crippen LogP contribution in [0, 0.1) is 0 Å². The molecular weight excluding hydrogens is 196 g/mol. The Kier molecular flexibility index (Phi) is 4.39. The lowest BCUT2D eigenvalue weighted by molar-refractivity contribution is -0.128. The molecule has 0 aromatic rings. The van der Waals surface area contributed by atoms with Crippen LogP contribution < -0.4 is 0 Å². The van der Waals surface area contributed by atoms with Crippen molar-refractivity contribution in [2.45, 2.75) is 20.3 Å². The Hall–Kier alpha value is -1.26. The number of hydrogen-bond acceptors (Lipinski definition) is 3. The van der Waals surface area contributed by atoms with Crippen molar-refractivity contribution in [2.75, 3.05) is 32.8 Å². The van der Waals surface area contributed by atoms with E-state index in [1.165, 1.54) is 0 Å². The molecule has 0 unspecified atom stereocenters. The zero-order valence-corrected chi connectivity index (χ0v) is 9.36. The maximum atomic E-state index is 11.4. The van der Waals surface area contributed by atoms with E-state index in [1.54, 1.807) is 23.6 Å². The minimum atomic E-state index is -0.275. The minimum Gasteiger partial charge on any atom is -0.450 e. The van der Waals surface area contributed by atoms with Gasteiger partial charge in [0.05, 0.1) is 6.61 Å². The summed E-state index contributed by atoms with van der Waals surface area (Å²) in [6.07, 6.45) is 0.543. The summed E-state index contributed by atoms with van der Waals surface area (Å²) < 4.78 is 4.92. The number of carbonyl (C=O) groups is 2. The van der Waals surface area contributed by atoms with E-state index in [2.05, 4.69) is 0 Å². The molecular formula is C10H18N2O3. The molecule has 86 valence electrons. The predicted octanol–water partition coefficient (Wildman–Crippen LogP) is 0.697. The summed E-state index contributed by atoms with van der Waals surface area (Å²) in [5.74, 6) is 0.0701. The molecule has 0 bridgehead atoms. The van der Waals surface area contributed by atoms with Gasteiger partial charge in [0.2, 0.25) is 5.91 Å². The molecule has 15 heavy (non-hydrogen) atoms. The molecule has 1 aliphatic rings. The molecule has 1 saturated heterocycles. The first-order chi connectivity index (χ1) is 7.15. The fourth-order valence-electron chi connectivity index (χ4n) is 1.63. The number of ether oxygens (including phenoxy) is 1. The zero-order chi connectivity index (χ0) is 11.3. The van der Waals surface area contributed by atoms with E-state index in [9.17, 15) is 9.59 Å². The van der Waals surface area contributed by atoms with E-state index in [1.807, 2.05) is 0 Å². The van der Waals surface area contributed by atoms with Gasteiger partial charge in [0.1, 0.15) is 0 Å². The highest BCUT2D eigenvalue weighted by molar-refractivity contribution is 5.73. The van der Waals surface area contributed by atoms with Crippen molar-refractivity contribution < 1.29 is 14.3 Å². The van der Waals surface area contributed by atoms with Crippen LogP contribution in [0.3, 0.4) is 0 Å². The lowest BCUT2D eigenvalue weighted by atomic mass is 10.4. The van der Waals surface area contributed by atoms with Crippen molar-refractivity contribution in [3.63, 3.8) is 0 Å². The second-order valence-corrected chi connectivity index (χ2v) is 3.55. The molecule has 1 rings (SSSR count). The first kappa shape index (κ1) is 11.8. The van der Waals surface area contributed by atoms with Crippen molar-refractivity contribution in [3.8, 4) is 0 Å². The number of amides is 2. The summed E-state index contributed by atoms with van der Waals surface area (Å²) in [7, 11) is 0. The van der Waals surface area contributed by atoms with E-state index in [0.717, 1.165) is 13.0 Å². The second kappa shape index (κ2) is 5.58. The van der Waals surface area contributed by atoms with Gasteiger partial charge in [-0.3, -0.25) is 4.79 Å². The quantitative estimate of drug-likeness (QED) is 0.645. The van der Waals surface area contributed by atoms with Gasteiger partial charge >= 0.3 is 6.09 Å². The van der Waals surface area contributed by atoms with Crippen LogP contribution in [0.1, 0.15) is 20.3 Å². The predicted molar refractivity (Wildman–Crippen MR) is 55.5 cm³/mol. The third-order valence-electron chi connectivity index (χ3n) is 2.47. The molecule has 0 aromatic carbocycles. The molecule has 0 N–H and O–H groups in total. The topological polar surface area (TPSA) is 49.9 Å². The van der Waals surface area contributed by atoms with Crippen molar-refractivity contribution in [3.05, 3.63) is 0 Å². The minimum absolute atomic E-state index is 0.0701. The summed E-state index contributed by atoms with van der Waals surface area (Å²) in [6.45, 7) is 6.31. The average Bonchev–Trinajstić information content (AvgIpc) is 2.43. The highest BCUT2D eigenvalue weighted by atomic mass is 16.6. The van der Waals surface area contributed by atoms with Crippen LogP contribution in [0.5, 0.6) is 0 Å². The summed E-state index contributed by atoms with van der Waals surface area (Å²) >= 11 is 0. The van der Waals surface area contributed by atoms with Crippen LogP contribution >= 0.6 is 0 Å². The molecule has 0 spiro atoms. The normalized spacial score (nSPS) is 17.2. The van der Waals surface area contributed by atoms with Gasteiger partial charge < -0.3 is 14.5 Å². The lowest BCUT2D eigenvalue weighted by Gasteiger charge is -2.20. The summed E-state index contributed by atoms with van der Waals surface area (Å²) in [5.41, 5.74) is 0.